The number of sulfonamides is 1. The number of methoxy groups -OCH3 is 1. The summed E-state index contributed by atoms with van der Waals surface area (Å²) >= 11 is 5.96. The van der Waals surface area contributed by atoms with E-state index in [1.165, 1.54) is 31.4 Å². The smallest absolute Gasteiger partial charge is 0.261 e. The fraction of sp³-hybridized carbons (Fsp3) is 0.133. The van der Waals surface area contributed by atoms with E-state index < -0.39 is 15.9 Å². The highest BCUT2D eigenvalue weighted by atomic mass is 35.5. The van der Waals surface area contributed by atoms with Gasteiger partial charge < -0.3 is 10.5 Å². The molecule has 0 aliphatic carbocycles. The van der Waals surface area contributed by atoms with Crippen LogP contribution >= 0.6 is 11.6 Å². The van der Waals surface area contributed by atoms with Crippen LogP contribution in [0.3, 0.4) is 0 Å². The average Bonchev–Trinajstić information content (AvgIpc) is 2.48. The highest BCUT2D eigenvalue weighted by Gasteiger charge is 2.18. The van der Waals surface area contributed by atoms with Crippen molar-refractivity contribution in [2.75, 3.05) is 11.8 Å². The number of anilines is 1. The maximum atomic E-state index is 12.5. The molecule has 0 aliphatic heterocycles. The van der Waals surface area contributed by atoms with E-state index in [4.69, 9.17) is 22.1 Å². The Morgan fingerprint density at radius 3 is 2.52 bits per heavy atom. The summed E-state index contributed by atoms with van der Waals surface area (Å²) < 4.78 is 32.3. The molecule has 0 saturated carbocycles. The second kappa shape index (κ2) is 6.47. The van der Waals surface area contributed by atoms with Gasteiger partial charge in [0, 0.05) is 5.56 Å². The molecule has 0 aliphatic rings. The van der Waals surface area contributed by atoms with E-state index in [-0.39, 0.29) is 21.2 Å². The topological polar surface area (TPSA) is 98.5 Å². The predicted molar refractivity (Wildman–Crippen MR) is 88.5 cm³/mol. The van der Waals surface area contributed by atoms with Gasteiger partial charge in [-0.3, -0.25) is 9.52 Å². The fourth-order valence-corrected chi connectivity index (χ4v) is 3.50. The number of nitrogens with two attached hydrogens (primary N) is 1. The van der Waals surface area contributed by atoms with E-state index in [0.29, 0.717) is 11.3 Å². The maximum absolute atomic E-state index is 12.5. The molecule has 0 radical (unpaired) electrons. The molecule has 0 saturated heterocycles. The fourth-order valence-electron chi connectivity index (χ4n) is 2.03. The van der Waals surface area contributed by atoms with Crippen molar-refractivity contribution in [1.29, 1.82) is 0 Å². The number of nitrogens with one attached hydrogen (secondary N) is 1. The van der Waals surface area contributed by atoms with E-state index in [0.717, 1.165) is 0 Å². The molecular weight excluding hydrogens is 340 g/mol. The summed E-state index contributed by atoms with van der Waals surface area (Å²) in [4.78, 5) is 11.3. The Morgan fingerprint density at radius 1 is 1.26 bits per heavy atom. The van der Waals surface area contributed by atoms with Gasteiger partial charge in [-0.2, -0.15) is 0 Å². The van der Waals surface area contributed by atoms with E-state index in [9.17, 15) is 13.2 Å². The van der Waals surface area contributed by atoms with Crippen LogP contribution in [0.5, 0.6) is 5.75 Å². The van der Waals surface area contributed by atoms with Gasteiger partial charge in [0.25, 0.3) is 10.0 Å². The molecule has 6 nitrogen and oxygen atoms in total. The van der Waals surface area contributed by atoms with Gasteiger partial charge in [0.15, 0.2) is 0 Å². The molecule has 0 atom stereocenters. The summed E-state index contributed by atoms with van der Waals surface area (Å²) in [6.45, 7) is 1.61. The second-order valence-electron chi connectivity index (χ2n) is 4.74. The summed E-state index contributed by atoms with van der Waals surface area (Å²) in [5.41, 5.74) is 6.23. The van der Waals surface area contributed by atoms with Gasteiger partial charge in [-0.1, -0.05) is 17.7 Å². The Hall–Kier alpha value is -2.25. The molecule has 0 heterocycles. The zero-order chi connectivity index (χ0) is 17.2. The molecule has 2 aromatic carbocycles. The number of halogens is 1. The van der Waals surface area contributed by atoms with Gasteiger partial charge in [0.1, 0.15) is 5.75 Å². The molecule has 0 unspecified atom stereocenters. The minimum Gasteiger partial charge on any atom is -0.495 e. The molecule has 2 rings (SSSR count). The zero-order valence-electron chi connectivity index (χ0n) is 12.5. The lowest BCUT2D eigenvalue weighted by Crippen LogP contribution is -2.17. The number of ether oxygens (including phenoxy) is 1. The second-order valence-corrected chi connectivity index (χ2v) is 6.83. The van der Waals surface area contributed by atoms with Crippen LogP contribution in [0.2, 0.25) is 5.02 Å². The van der Waals surface area contributed by atoms with Crippen LogP contribution < -0.4 is 15.2 Å². The normalized spacial score (nSPS) is 11.1. The SMILES string of the molecule is COc1ccc(S(=O)(=O)Nc2cccc(C(N)=O)c2C)cc1Cl. The van der Waals surface area contributed by atoms with Crippen molar-refractivity contribution >= 4 is 33.2 Å². The quantitative estimate of drug-likeness (QED) is 0.861. The Bertz CT molecular complexity index is 866. The summed E-state index contributed by atoms with van der Waals surface area (Å²) in [6, 6.07) is 8.75. The third kappa shape index (κ3) is 3.57. The first kappa shape index (κ1) is 17.1. The van der Waals surface area contributed by atoms with Crippen LogP contribution in [-0.2, 0) is 10.0 Å². The van der Waals surface area contributed by atoms with Crippen molar-refractivity contribution in [3.05, 3.63) is 52.5 Å². The third-order valence-corrected chi connectivity index (χ3v) is 4.94. The minimum atomic E-state index is -3.87. The highest BCUT2D eigenvalue weighted by Crippen LogP contribution is 2.28. The number of carbonyl (C=O) groups excluding carboxylic acids is 1. The molecule has 122 valence electrons. The molecule has 1 amide bonds. The van der Waals surface area contributed by atoms with Gasteiger partial charge in [0.2, 0.25) is 5.91 Å². The van der Waals surface area contributed by atoms with Crippen LogP contribution in [0.4, 0.5) is 5.69 Å². The summed E-state index contributed by atoms with van der Waals surface area (Å²) in [6.07, 6.45) is 0. The summed E-state index contributed by atoms with van der Waals surface area (Å²) in [5, 5.41) is 0.179. The molecule has 0 spiro atoms. The van der Waals surface area contributed by atoms with Crippen molar-refractivity contribution in [3.63, 3.8) is 0 Å². The number of hydrogen-bond donors (Lipinski definition) is 2. The Labute approximate surface area is 139 Å². The monoisotopic (exact) mass is 354 g/mol. The third-order valence-electron chi connectivity index (χ3n) is 3.28. The van der Waals surface area contributed by atoms with Crippen molar-refractivity contribution in [2.45, 2.75) is 11.8 Å². The molecule has 0 bridgehead atoms. The Kier molecular flexibility index (Phi) is 4.82. The van der Waals surface area contributed by atoms with Gasteiger partial charge in [0.05, 0.1) is 22.7 Å². The lowest BCUT2D eigenvalue weighted by molar-refractivity contribution is 0.0999. The number of primary amides is 1. The van der Waals surface area contributed by atoms with E-state index >= 15 is 0 Å². The van der Waals surface area contributed by atoms with Gasteiger partial charge >= 0.3 is 0 Å². The molecule has 0 fully saturated rings. The van der Waals surface area contributed by atoms with Gasteiger partial charge in [-0.15, -0.1) is 0 Å². The van der Waals surface area contributed by atoms with Crippen molar-refractivity contribution in [2.24, 2.45) is 5.73 Å². The van der Waals surface area contributed by atoms with Crippen molar-refractivity contribution < 1.29 is 17.9 Å². The first-order valence-electron chi connectivity index (χ1n) is 6.52. The lowest BCUT2D eigenvalue weighted by Gasteiger charge is -2.13. The number of carbonyl (C=O) groups is 1. The van der Waals surface area contributed by atoms with E-state index in [1.54, 1.807) is 19.1 Å². The van der Waals surface area contributed by atoms with Crippen LogP contribution in [0, 0.1) is 6.92 Å². The Morgan fingerprint density at radius 2 is 1.96 bits per heavy atom. The lowest BCUT2D eigenvalue weighted by atomic mass is 10.1. The minimum absolute atomic E-state index is 0.0211. The first-order valence-corrected chi connectivity index (χ1v) is 8.38. The van der Waals surface area contributed by atoms with Crippen LogP contribution in [0.25, 0.3) is 0 Å². The number of amides is 1. The summed E-state index contributed by atoms with van der Waals surface area (Å²) in [5.74, 6) is -0.256. The molecular formula is C15H15ClN2O4S. The van der Waals surface area contributed by atoms with Crippen LogP contribution in [0.1, 0.15) is 15.9 Å². The van der Waals surface area contributed by atoms with E-state index in [2.05, 4.69) is 4.72 Å². The molecule has 8 heteroatoms. The zero-order valence-corrected chi connectivity index (χ0v) is 14.0. The van der Waals surface area contributed by atoms with E-state index in [1.807, 2.05) is 0 Å². The van der Waals surface area contributed by atoms with Gasteiger partial charge in [-0.05, 0) is 42.8 Å². The van der Waals surface area contributed by atoms with Crippen molar-refractivity contribution in [1.82, 2.24) is 0 Å². The van der Waals surface area contributed by atoms with Crippen LogP contribution in [-0.4, -0.2) is 21.4 Å². The molecule has 0 aromatic heterocycles. The average molecular weight is 355 g/mol. The number of benzene rings is 2. The maximum Gasteiger partial charge on any atom is 0.261 e. The number of rotatable bonds is 5. The first-order chi connectivity index (χ1) is 10.8. The van der Waals surface area contributed by atoms with Gasteiger partial charge in [-0.25, -0.2) is 8.42 Å². The predicted octanol–water partition coefficient (Wildman–Crippen LogP) is 2.56. The largest absolute Gasteiger partial charge is 0.495 e. The van der Waals surface area contributed by atoms with Crippen molar-refractivity contribution in [3.8, 4) is 5.75 Å². The molecule has 2 aromatic rings. The highest BCUT2D eigenvalue weighted by molar-refractivity contribution is 7.92. The standard InChI is InChI=1S/C15H15ClN2O4S/c1-9-11(15(17)19)4-3-5-13(9)18-23(20,21)10-6-7-14(22-2)12(16)8-10/h3-8,18H,1-2H3,(H2,17,19). The molecule has 23 heavy (non-hydrogen) atoms. The van der Waals surface area contributed by atoms with Crippen LogP contribution in [0.15, 0.2) is 41.3 Å². The summed E-state index contributed by atoms with van der Waals surface area (Å²) in [7, 11) is -2.43. The molecule has 3 N–H and O–H groups in total. The Balaban J connectivity index is 2.41. The number of hydrogen-bond acceptors (Lipinski definition) is 4.